The standard InChI is InChI=1S/C17H12F4N2O2/c18-10-1-2-15(14(21)7-10)23-8-9(3-16(23)24)17(25)22-13-5-11(19)4-12(20)6-13/h1-2,4-7,9H,3,8H2,(H,22,25). The largest absolute Gasteiger partial charge is 0.326 e. The normalized spacial score (nSPS) is 17.0. The highest BCUT2D eigenvalue weighted by Gasteiger charge is 2.36. The van der Waals surface area contributed by atoms with Crippen LogP contribution in [0.2, 0.25) is 0 Å². The zero-order valence-corrected chi connectivity index (χ0v) is 12.7. The van der Waals surface area contributed by atoms with Crippen molar-refractivity contribution in [2.75, 3.05) is 16.8 Å². The first-order chi connectivity index (χ1) is 11.8. The molecule has 2 aromatic carbocycles. The van der Waals surface area contributed by atoms with Gasteiger partial charge in [-0.3, -0.25) is 9.59 Å². The van der Waals surface area contributed by atoms with E-state index in [0.29, 0.717) is 12.1 Å². The molecular formula is C17H12F4N2O2. The highest BCUT2D eigenvalue weighted by atomic mass is 19.1. The second-order valence-electron chi connectivity index (χ2n) is 5.65. The number of hydrogen-bond acceptors (Lipinski definition) is 2. The number of carbonyl (C=O) groups is 2. The lowest BCUT2D eigenvalue weighted by molar-refractivity contribution is -0.122. The Morgan fingerprint density at radius 2 is 1.68 bits per heavy atom. The fraction of sp³-hybridized carbons (Fsp3) is 0.176. The molecule has 0 radical (unpaired) electrons. The molecule has 1 heterocycles. The van der Waals surface area contributed by atoms with Gasteiger partial charge in [0.25, 0.3) is 0 Å². The smallest absolute Gasteiger partial charge is 0.229 e. The first-order valence-corrected chi connectivity index (χ1v) is 7.36. The number of benzene rings is 2. The van der Waals surface area contributed by atoms with E-state index in [1.165, 1.54) is 0 Å². The van der Waals surface area contributed by atoms with Gasteiger partial charge in [0.15, 0.2) is 0 Å². The minimum atomic E-state index is -0.915. The number of nitrogens with zero attached hydrogens (tertiary/aromatic N) is 1. The Morgan fingerprint density at radius 3 is 2.32 bits per heavy atom. The third kappa shape index (κ3) is 3.62. The zero-order valence-electron chi connectivity index (χ0n) is 12.7. The Bertz CT molecular complexity index is 836. The Kier molecular flexibility index (Phi) is 4.43. The minimum absolute atomic E-state index is 0.0821. The van der Waals surface area contributed by atoms with Crippen LogP contribution in [0, 0.1) is 29.2 Å². The Morgan fingerprint density at radius 1 is 1.00 bits per heavy atom. The van der Waals surface area contributed by atoms with Gasteiger partial charge in [-0.1, -0.05) is 0 Å². The molecule has 0 saturated carbocycles. The average molecular weight is 352 g/mol. The van der Waals surface area contributed by atoms with Crippen LogP contribution in [0.15, 0.2) is 36.4 Å². The van der Waals surface area contributed by atoms with Crippen molar-refractivity contribution in [3.8, 4) is 0 Å². The van der Waals surface area contributed by atoms with Crippen LogP contribution in [-0.4, -0.2) is 18.4 Å². The van der Waals surface area contributed by atoms with Crippen LogP contribution in [-0.2, 0) is 9.59 Å². The number of hydrogen-bond donors (Lipinski definition) is 1. The van der Waals surface area contributed by atoms with Gasteiger partial charge in [-0.15, -0.1) is 0 Å². The van der Waals surface area contributed by atoms with Crippen molar-refractivity contribution in [1.82, 2.24) is 0 Å². The lowest BCUT2D eigenvalue weighted by Crippen LogP contribution is -2.28. The van der Waals surface area contributed by atoms with Gasteiger partial charge >= 0.3 is 0 Å². The first-order valence-electron chi connectivity index (χ1n) is 7.36. The van der Waals surface area contributed by atoms with Crippen molar-refractivity contribution in [1.29, 1.82) is 0 Å². The maximum atomic E-state index is 13.8. The monoisotopic (exact) mass is 352 g/mol. The molecule has 1 unspecified atom stereocenters. The average Bonchev–Trinajstić information content (AvgIpc) is 2.88. The highest BCUT2D eigenvalue weighted by molar-refractivity contribution is 6.03. The summed E-state index contributed by atoms with van der Waals surface area (Å²) in [5.41, 5.74) is -0.208. The van der Waals surface area contributed by atoms with Crippen molar-refractivity contribution in [2.24, 2.45) is 5.92 Å². The molecule has 2 amide bonds. The van der Waals surface area contributed by atoms with E-state index < -0.39 is 41.0 Å². The highest BCUT2D eigenvalue weighted by Crippen LogP contribution is 2.28. The number of anilines is 2. The quantitative estimate of drug-likeness (QED) is 0.863. The van der Waals surface area contributed by atoms with E-state index in [9.17, 15) is 27.2 Å². The summed E-state index contributed by atoms with van der Waals surface area (Å²) in [4.78, 5) is 25.3. The van der Waals surface area contributed by atoms with E-state index in [2.05, 4.69) is 5.32 Å². The van der Waals surface area contributed by atoms with Crippen LogP contribution in [0.3, 0.4) is 0 Å². The van der Waals surface area contributed by atoms with Crippen LogP contribution >= 0.6 is 0 Å². The summed E-state index contributed by atoms with van der Waals surface area (Å²) in [7, 11) is 0. The summed E-state index contributed by atoms with van der Waals surface area (Å²) in [6, 6.07) is 5.31. The number of amides is 2. The number of rotatable bonds is 3. The van der Waals surface area contributed by atoms with Gasteiger partial charge in [0.05, 0.1) is 11.6 Å². The van der Waals surface area contributed by atoms with E-state index in [0.717, 1.165) is 29.2 Å². The second-order valence-corrected chi connectivity index (χ2v) is 5.65. The third-order valence-corrected chi connectivity index (χ3v) is 3.83. The third-order valence-electron chi connectivity index (χ3n) is 3.83. The van der Waals surface area contributed by atoms with Crippen LogP contribution in [0.1, 0.15) is 6.42 Å². The molecule has 25 heavy (non-hydrogen) atoms. The molecule has 1 atom stereocenters. The van der Waals surface area contributed by atoms with Gasteiger partial charge in [-0.05, 0) is 24.3 Å². The maximum absolute atomic E-state index is 13.8. The van der Waals surface area contributed by atoms with E-state index >= 15 is 0 Å². The molecule has 2 aromatic rings. The molecule has 0 spiro atoms. The van der Waals surface area contributed by atoms with Gasteiger partial charge < -0.3 is 10.2 Å². The topological polar surface area (TPSA) is 49.4 Å². The van der Waals surface area contributed by atoms with Crippen molar-refractivity contribution < 1.29 is 27.2 Å². The molecule has 1 aliphatic heterocycles. The molecule has 0 bridgehead atoms. The van der Waals surface area contributed by atoms with Crippen molar-refractivity contribution in [3.05, 3.63) is 59.7 Å². The van der Waals surface area contributed by atoms with Crippen LogP contribution in [0.4, 0.5) is 28.9 Å². The Labute approximate surface area is 140 Å². The molecule has 0 aromatic heterocycles. The van der Waals surface area contributed by atoms with Crippen LogP contribution in [0.5, 0.6) is 0 Å². The molecule has 4 nitrogen and oxygen atoms in total. The lowest BCUT2D eigenvalue weighted by Gasteiger charge is -2.17. The first kappa shape index (κ1) is 16.9. The summed E-state index contributed by atoms with van der Waals surface area (Å²) < 4.78 is 53.1. The molecule has 1 saturated heterocycles. The summed E-state index contributed by atoms with van der Waals surface area (Å²) in [6.45, 7) is -0.120. The second kappa shape index (κ2) is 6.54. The van der Waals surface area contributed by atoms with E-state index in [1.54, 1.807) is 0 Å². The van der Waals surface area contributed by atoms with Crippen molar-refractivity contribution >= 4 is 23.2 Å². The van der Waals surface area contributed by atoms with Gasteiger partial charge in [-0.25, -0.2) is 17.6 Å². The maximum Gasteiger partial charge on any atom is 0.229 e. The predicted octanol–water partition coefficient (Wildman–Crippen LogP) is 3.23. The van der Waals surface area contributed by atoms with Crippen LogP contribution in [0.25, 0.3) is 0 Å². The summed E-state index contributed by atoms with van der Waals surface area (Å²) >= 11 is 0. The van der Waals surface area contributed by atoms with Crippen LogP contribution < -0.4 is 10.2 Å². The molecule has 1 N–H and O–H groups in total. The molecule has 3 rings (SSSR count). The minimum Gasteiger partial charge on any atom is -0.326 e. The fourth-order valence-corrected chi connectivity index (χ4v) is 2.69. The summed E-state index contributed by atoms with van der Waals surface area (Å²) in [6.07, 6.45) is -0.194. The van der Waals surface area contributed by atoms with Gasteiger partial charge in [-0.2, -0.15) is 0 Å². The molecule has 1 fully saturated rings. The van der Waals surface area contributed by atoms with Crippen molar-refractivity contribution in [2.45, 2.75) is 6.42 Å². The SMILES string of the molecule is O=C(Nc1cc(F)cc(F)c1)C1CC(=O)N(c2ccc(F)cc2F)C1. The fourth-order valence-electron chi connectivity index (χ4n) is 2.69. The number of halogens is 4. The predicted molar refractivity (Wildman–Crippen MR) is 81.8 cm³/mol. The molecule has 0 aliphatic carbocycles. The Hall–Kier alpha value is -2.90. The number of carbonyl (C=O) groups excluding carboxylic acids is 2. The lowest BCUT2D eigenvalue weighted by atomic mass is 10.1. The molecule has 1 aliphatic rings. The van der Waals surface area contributed by atoms with Gasteiger partial charge in [0, 0.05) is 30.8 Å². The Balaban J connectivity index is 1.74. The molecular weight excluding hydrogens is 340 g/mol. The molecule has 8 heteroatoms. The molecule has 130 valence electrons. The zero-order chi connectivity index (χ0) is 18.1. The van der Waals surface area contributed by atoms with Gasteiger partial charge in [0.1, 0.15) is 23.3 Å². The summed E-state index contributed by atoms with van der Waals surface area (Å²) in [5.74, 6) is -5.36. The van der Waals surface area contributed by atoms with E-state index in [1.807, 2.05) is 0 Å². The summed E-state index contributed by atoms with van der Waals surface area (Å²) in [5, 5.41) is 2.33. The number of nitrogens with one attached hydrogen (secondary N) is 1. The van der Waals surface area contributed by atoms with E-state index in [4.69, 9.17) is 0 Å². The van der Waals surface area contributed by atoms with E-state index in [-0.39, 0.29) is 24.3 Å². The van der Waals surface area contributed by atoms with Crippen molar-refractivity contribution in [3.63, 3.8) is 0 Å². The van der Waals surface area contributed by atoms with Gasteiger partial charge in [0.2, 0.25) is 11.8 Å².